The topological polar surface area (TPSA) is 196 Å². The number of methoxy groups -OCH3 is 1. The highest BCUT2D eigenvalue weighted by atomic mass is 32.1. The van der Waals surface area contributed by atoms with Crippen LogP contribution >= 0.6 is 11.3 Å². The van der Waals surface area contributed by atoms with Crippen molar-refractivity contribution in [3.63, 3.8) is 0 Å². The van der Waals surface area contributed by atoms with Gasteiger partial charge in [-0.2, -0.15) is 0 Å². The maximum Gasteiger partial charge on any atom is 0.413 e. The van der Waals surface area contributed by atoms with Gasteiger partial charge in [0.05, 0.1) is 64.3 Å². The number of anilines is 1. The number of esters is 1. The second-order valence-electron chi connectivity index (χ2n) is 19.3. The minimum atomic E-state index is -1.19. The molecule has 69 heavy (non-hydrogen) atoms. The molecule has 2 fully saturated rings. The van der Waals surface area contributed by atoms with Crippen molar-refractivity contribution in [1.82, 2.24) is 35.2 Å². The Morgan fingerprint density at radius 2 is 1.83 bits per heavy atom. The molecule has 8 rings (SSSR count). The molecular formula is C50H63N9O9S. The number of piperazine rings is 1. The van der Waals surface area contributed by atoms with E-state index in [9.17, 15) is 24.5 Å². The minimum Gasteiger partial charge on any atom is -0.464 e. The molecular weight excluding hydrogens is 903 g/mol. The molecule has 5 aromatic rings. The van der Waals surface area contributed by atoms with Crippen LogP contribution in [0.3, 0.4) is 0 Å². The number of non-ortho nitro benzene ring substituents is 1. The summed E-state index contributed by atoms with van der Waals surface area (Å²) in [5, 5.41) is 18.9. The molecule has 0 unspecified atom stereocenters. The Bertz CT molecular complexity index is 2680. The molecule has 0 spiro atoms. The van der Waals surface area contributed by atoms with Crippen LogP contribution in [0.1, 0.15) is 82.7 Å². The van der Waals surface area contributed by atoms with Gasteiger partial charge in [-0.15, -0.1) is 11.3 Å². The highest BCUT2D eigenvalue weighted by Crippen LogP contribution is 2.43. The van der Waals surface area contributed by atoms with E-state index in [1.165, 1.54) is 40.6 Å². The molecule has 368 valence electrons. The monoisotopic (exact) mass is 965 g/mol. The second-order valence-corrected chi connectivity index (χ2v) is 20.2. The lowest BCUT2D eigenvalue weighted by Crippen LogP contribution is -2.61. The normalized spacial score (nSPS) is 20.7. The Labute approximate surface area is 406 Å². The lowest BCUT2D eigenvalue weighted by molar-refractivity contribution is -0.384. The number of nitro benzene ring substituents is 1. The molecule has 0 radical (unpaired) electrons. The molecule has 3 aromatic heterocycles. The molecule has 0 saturated carbocycles. The first kappa shape index (κ1) is 49.4. The molecule has 2 aromatic carbocycles. The van der Waals surface area contributed by atoms with Gasteiger partial charge in [0.1, 0.15) is 17.8 Å². The minimum absolute atomic E-state index is 0.0232. The summed E-state index contributed by atoms with van der Waals surface area (Å²) in [5.41, 5.74) is 9.77. The Morgan fingerprint density at radius 1 is 1.07 bits per heavy atom. The molecule has 2 amide bonds. The second kappa shape index (κ2) is 20.9. The van der Waals surface area contributed by atoms with E-state index in [1.807, 2.05) is 39.3 Å². The lowest BCUT2D eigenvalue weighted by atomic mass is 9.84. The van der Waals surface area contributed by atoms with Gasteiger partial charge in [-0.1, -0.05) is 26.8 Å². The maximum absolute atomic E-state index is 14.5. The number of ether oxygens (including phenoxy) is 4. The average Bonchev–Trinajstić information content (AvgIpc) is 3.95. The molecule has 18 nitrogen and oxygen atoms in total. The summed E-state index contributed by atoms with van der Waals surface area (Å²) >= 11 is 1.37. The van der Waals surface area contributed by atoms with Gasteiger partial charge in [0.15, 0.2) is 0 Å². The molecule has 3 aliphatic heterocycles. The first-order chi connectivity index (χ1) is 33.0. The highest BCUT2D eigenvalue weighted by molar-refractivity contribution is 7.10. The number of aromatic nitrogens is 3. The predicted octanol–water partition coefficient (Wildman–Crippen LogP) is 7.50. The average molecular weight is 966 g/mol. The summed E-state index contributed by atoms with van der Waals surface area (Å²) in [4.78, 5) is 67.7. The number of amides is 2. The van der Waals surface area contributed by atoms with Crippen LogP contribution in [0.2, 0.25) is 0 Å². The van der Waals surface area contributed by atoms with Gasteiger partial charge in [-0.25, -0.2) is 15.2 Å². The molecule has 4 atom stereocenters. The van der Waals surface area contributed by atoms with Crippen molar-refractivity contribution in [1.29, 1.82) is 0 Å². The largest absolute Gasteiger partial charge is 0.464 e. The van der Waals surface area contributed by atoms with Crippen LogP contribution < -0.4 is 20.4 Å². The van der Waals surface area contributed by atoms with Gasteiger partial charge in [0, 0.05) is 97.3 Å². The summed E-state index contributed by atoms with van der Waals surface area (Å²) in [6.07, 6.45) is 2.18. The maximum atomic E-state index is 14.5. The molecule has 3 aliphatic rings. The number of rotatable bonds is 11. The van der Waals surface area contributed by atoms with Crippen LogP contribution in [0, 0.1) is 15.5 Å². The van der Waals surface area contributed by atoms with Gasteiger partial charge in [-0.05, 0) is 83.0 Å². The van der Waals surface area contributed by atoms with Crippen LogP contribution in [0.5, 0.6) is 5.75 Å². The van der Waals surface area contributed by atoms with Crippen LogP contribution in [-0.2, 0) is 36.8 Å². The van der Waals surface area contributed by atoms with Gasteiger partial charge < -0.3 is 38.6 Å². The third kappa shape index (κ3) is 11.1. The van der Waals surface area contributed by atoms with E-state index >= 15 is 0 Å². The zero-order chi connectivity index (χ0) is 49.1. The number of thiazole rings is 1. The molecule has 2 N–H and O–H groups in total. The number of cyclic esters (lactones) is 1. The first-order valence-electron chi connectivity index (χ1n) is 23.7. The van der Waals surface area contributed by atoms with E-state index in [-0.39, 0.29) is 36.8 Å². The molecule has 0 aliphatic carbocycles. The van der Waals surface area contributed by atoms with E-state index in [0.29, 0.717) is 43.1 Å². The van der Waals surface area contributed by atoms with Crippen LogP contribution in [0.15, 0.2) is 60.1 Å². The number of benzene rings is 2. The summed E-state index contributed by atoms with van der Waals surface area (Å²) in [7, 11) is 3.84. The number of carbonyl (C=O) groups excluding carboxylic acids is 3. The van der Waals surface area contributed by atoms with E-state index in [1.54, 1.807) is 7.11 Å². The number of likely N-dealkylation sites (N-methyl/N-ethyl adjacent to an activating group) is 1. The van der Waals surface area contributed by atoms with Crippen molar-refractivity contribution < 1.29 is 38.3 Å². The summed E-state index contributed by atoms with van der Waals surface area (Å²) in [5.74, 6) is -1.59. The first-order valence-corrected chi connectivity index (χ1v) is 24.5. The molecule has 6 heterocycles. The molecule has 2 saturated heterocycles. The SMILES string of the molecule is CO[C@@H](C)c1ncc(N2CCN(C)CC2)cc1-c1c2c3cc(ccc3n1CCOC(C)C)-c1csc(n1)[C@@H](C)[C@H](NC(=O)Oc1ccc([N+](=O)[O-])cc1)C(=O)N1CCC[C@H](N1)C(=O)OCC(C)(C)C2. The molecule has 6 bridgehead atoms. The van der Waals surface area contributed by atoms with E-state index < -0.39 is 46.3 Å². The van der Waals surface area contributed by atoms with E-state index in [4.69, 9.17) is 28.9 Å². The fourth-order valence-corrected chi connectivity index (χ4v) is 10.2. The number of hydrogen-bond acceptors (Lipinski definition) is 15. The third-order valence-corrected chi connectivity index (χ3v) is 14.2. The van der Waals surface area contributed by atoms with Crippen molar-refractivity contribution in [2.24, 2.45) is 5.41 Å². The number of hydrogen-bond donors (Lipinski definition) is 2. The standard InChI is InChI=1S/C50H63N9O9S/c1-30(2)66-23-22-57-42-16-11-33-24-37(42)39(45(57)38-25-35(27-51-44(38)32(4)65-8)56-20-18-55(7)19-21-56)26-50(5,6)29-67-48(61)40-10-9-17-58(54-40)47(60)43(31(3)46-52-41(33)28-69-46)53-49(62)68-36-14-12-34(13-15-36)59(63)64/h11-16,24-25,27-28,30-32,40,43,54H,9-10,17-23,26,29H2,1-8H3,(H,53,62)/t31-,32-,40-,43-/m0/s1. The van der Waals surface area contributed by atoms with Crippen molar-refractivity contribution in [2.45, 2.75) is 97.6 Å². The lowest BCUT2D eigenvalue weighted by Gasteiger charge is -2.36. The van der Waals surface area contributed by atoms with Crippen LogP contribution in [-0.4, -0.2) is 126 Å². The number of nitrogens with zero attached hydrogens (tertiary/aromatic N) is 7. The third-order valence-electron chi connectivity index (χ3n) is 13.2. The van der Waals surface area contributed by atoms with Gasteiger partial charge >= 0.3 is 12.1 Å². The number of fused-ring (bicyclic) bond motifs is 6. The van der Waals surface area contributed by atoms with Crippen molar-refractivity contribution >= 4 is 51.6 Å². The van der Waals surface area contributed by atoms with Crippen LogP contribution in [0.25, 0.3) is 33.4 Å². The quantitative estimate of drug-likeness (QED) is 0.0750. The zero-order valence-corrected chi connectivity index (χ0v) is 41.5. The summed E-state index contributed by atoms with van der Waals surface area (Å²) in [6, 6.07) is 11.7. The zero-order valence-electron chi connectivity index (χ0n) is 40.7. The van der Waals surface area contributed by atoms with Gasteiger partial charge in [0.25, 0.3) is 11.6 Å². The smallest absolute Gasteiger partial charge is 0.413 e. The Morgan fingerprint density at radius 3 is 2.54 bits per heavy atom. The fourth-order valence-electron chi connectivity index (χ4n) is 9.26. The number of nitrogens with one attached hydrogen (secondary N) is 2. The highest BCUT2D eigenvalue weighted by Gasteiger charge is 2.39. The molecule has 19 heteroatoms. The Kier molecular flexibility index (Phi) is 15.0. The number of nitro groups is 1. The van der Waals surface area contributed by atoms with Crippen molar-refractivity contribution in [3.05, 3.63) is 86.5 Å². The van der Waals surface area contributed by atoms with Gasteiger partial charge in [-0.3, -0.25) is 29.7 Å². The van der Waals surface area contributed by atoms with Gasteiger partial charge in [0.2, 0.25) is 0 Å². The summed E-state index contributed by atoms with van der Waals surface area (Å²) < 4.78 is 26.3. The Hall–Kier alpha value is -5.99. The summed E-state index contributed by atoms with van der Waals surface area (Å²) in [6.45, 7) is 17.1. The van der Waals surface area contributed by atoms with Crippen LogP contribution in [0.4, 0.5) is 16.2 Å². The predicted molar refractivity (Wildman–Crippen MR) is 263 cm³/mol. The Balaban J connectivity index is 1.26. The number of hydrazine groups is 1. The van der Waals surface area contributed by atoms with Crippen molar-refractivity contribution in [2.75, 3.05) is 65.0 Å². The number of pyridine rings is 1. The van der Waals surface area contributed by atoms with E-state index in [0.717, 1.165) is 70.8 Å². The number of carbonyl (C=O) groups is 3. The van der Waals surface area contributed by atoms with E-state index in [2.05, 4.69) is 70.3 Å². The van der Waals surface area contributed by atoms with Crippen molar-refractivity contribution in [3.8, 4) is 28.3 Å². The fraction of sp³-hybridized carbons (Fsp3) is 0.500.